The van der Waals surface area contributed by atoms with Gasteiger partial charge in [0.05, 0.1) is 5.69 Å². The maximum absolute atomic E-state index is 12.0. The Morgan fingerprint density at radius 2 is 2.35 bits per heavy atom. The molecule has 2 aliphatic carbocycles. The van der Waals surface area contributed by atoms with E-state index in [4.69, 9.17) is 0 Å². The predicted octanol–water partition coefficient (Wildman–Crippen LogP) is 1.08. The second-order valence-electron chi connectivity index (χ2n) is 5.21. The van der Waals surface area contributed by atoms with Gasteiger partial charge in [-0.1, -0.05) is 0 Å². The minimum Gasteiger partial charge on any atom is -0.387 e. The van der Waals surface area contributed by atoms with E-state index in [1.165, 1.54) is 0 Å². The molecule has 1 saturated carbocycles. The molecule has 1 spiro atoms. The van der Waals surface area contributed by atoms with Crippen molar-refractivity contribution >= 4 is 12.1 Å². The Labute approximate surface area is 98.1 Å². The molecule has 2 heterocycles. The molecule has 1 aromatic rings. The lowest BCUT2D eigenvalue weighted by molar-refractivity contribution is 0.103. The summed E-state index contributed by atoms with van der Waals surface area (Å²) in [6, 6.07) is 0. The molecular weight excluding hydrogens is 216 g/mol. The van der Waals surface area contributed by atoms with E-state index in [9.17, 15) is 9.59 Å². The molecule has 2 N–H and O–H groups in total. The molecule has 3 aliphatic rings. The zero-order valence-corrected chi connectivity index (χ0v) is 9.46. The fourth-order valence-corrected chi connectivity index (χ4v) is 3.56. The highest BCUT2D eigenvalue weighted by atomic mass is 16.1. The number of piperidine rings is 1. The van der Waals surface area contributed by atoms with E-state index in [1.54, 1.807) is 6.08 Å². The number of rotatable bonds is 1. The molecule has 0 unspecified atom stereocenters. The number of nitrogens with one attached hydrogen (secondary N) is 2. The van der Waals surface area contributed by atoms with Gasteiger partial charge in [-0.2, -0.15) is 0 Å². The van der Waals surface area contributed by atoms with Gasteiger partial charge in [-0.25, -0.2) is 0 Å². The zero-order chi connectivity index (χ0) is 11.8. The van der Waals surface area contributed by atoms with E-state index in [2.05, 4.69) is 10.3 Å². The van der Waals surface area contributed by atoms with Crippen molar-refractivity contribution < 1.29 is 9.59 Å². The summed E-state index contributed by atoms with van der Waals surface area (Å²) in [5.74, 6) is 0.534. The molecular formula is C13H12N2O2. The van der Waals surface area contributed by atoms with Crippen LogP contribution in [-0.4, -0.2) is 23.6 Å². The van der Waals surface area contributed by atoms with Gasteiger partial charge in [-0.3, -0.25) is 9.59 Å². The molecule has 2 atom stereocenters. The Kier molecular flexibility index (Phi) is 1.37. The van der Waals surface area contributed by atoms with E-state index in [1.807, 2.05) is 6.92 Å². The lowest BCUT2D eigenvalue weighted by Gasteiger charge is -2.21. The van der Waals surface area contributed by atoms with Crippen LogP contribution in [0.4, 0.5) is 0 Å². The Bertz CT molecular complexity index is 611. The van der Waals surface area contributed by atoms with Gasteiger partial charge in [0.15, 0.2) is 6.29 Å². The number of ketones is 1. The Morgan fingerprint density at radius 1 is 1.53 bits per heavy atom. The third kappa shape index (κ3) is 0.832. The Balaban J connectivity index is 2.07. The number of carbonyl (C=O) groups excluding carboxylic acids is 2. The van der Waals surface area contributed by atoms with Crippen molar-refractivity contribution in [2.75, 3.05) is 6.54 Å². The van der Waals surface area contributed by atoms with Crippen LogP contribution in [0, 0.1) is 12.8 Å². The minimum absolute atomic E-state index is 0.0168. The van der Waals surface area contributed by atoms with Crippen LogP contribution in [0.2, 0.25) is 0 Å². The second kappa shape index (κ2) is 2.53. The van der Waals surface area contributed by atoms with Crippen LogP contribution < -0.4 is 5.32 Å². The first-order valence-electron chi connectivity index (χ1n) is 5.87. The van der Waals surface area contributed by atoms with Crippen LogP contribution >= 0.6 is 0 Å². The molecule has 0 amide bonds. The molecule has 0 radical (unpaired) electrons. The number of aryl methyl sites for hydroxylation is 1. The minimum atomic E-state index is -0.0513. The summed E-state index contributed by atoms with van der Waals surface area (Å²) >= 11 is 0. The van der Waals surface area contributed by atoms with Crippen molar-refractivity contribution in [3.63, 3.8) is 0 Å². The largest absolute Gasteiger partial charge is 0.387 e. The average Bonchev–Trinajstić information content (AvgIpc) is 2.75. The highest BCUT2D eigenvalue weighted by Gasteiger charge is 2.65. The molecule has 4 nitrogen and oxygen atoms in total. The molecule has 0 aromatic carbocycles. The first-order chi connectivity index (χ1) is 8.18. The van der Waals surface area contributed by atoms with Crippen molar-refractivity contribution in [3.05, 3.63) is 34.3 Å². The third-order valence-electron chi connectivity index (χ3n) is 4.45. The Morgan fingerprint density at radius 3 is 3.06 bits per heavy atom. The van der Waals surface area contributed by atoms with Gasteiger partial charge in [-0.05, 0) is 19.3 Å². The standard InChI is InChI=1S/C13H12N2O2/c1-6-8(5-16)11-12(15-6)9(17)2-10-13(11)3-7(13)4-14-10/h2,5,7,14-15H,3-4H2,1H3/t7-,13+/m1/s1. The molecule has 86 valence electrons. The van der Waals surface area contributed by atoms with Crippen molar-refractivity contribution in [3.8, 4) is 0 Å². The van der Waals surface area contributed by atoms with Crippen molar-refractivity contribution in [1.82, 2.24) is 10.3 Å². The number of aromatic amines is 1. The van der Waals surface area contributed by atoms with Gasteiger partial charge in [0.1, 0.15) is 0 Å². The third-order valence-corrected chi connectivity index (χ3v) is 4.45. The lowest BCUT2D eigenvalue weighted by Crippen LogP contribution is -2.25. The number of H-pyrrole nitrogens is 1. The quantitative estimate of drug-likeness (QED) is 0.707. The SMILES string of the molecule is Cc1[nH]c2c(c1C=O)[C@@]13C[C@@H]1CNC3=CC2=O. The van der Waals surface area contributed by atoms with Crippen molar-refractivity contribution in [2.45, 2.75) is 18.8 Å². The van der Waals surface area contributed by atoms with Crippen molar-refractivity contribution in [1.29, 1.82) is 0 Å². The topological polar surface area (TPSA) is 62.0 Å². The van der Waals surface area contributed by atoms with Gasteiger partial charge in [0, 0.05) is 40.6 Å². The van der Waals surface area contributed by atoms with E-state index < -0.39 is 0 Å². The fraction of sp³-hybridized carbons (Fsp3) is 0.385. The second-order valence-corrected chi connectivity index (χ2v) is 5.21. The lowest BCUT2D eigenvalue weighted by atomic mass is 9.83. The molecule has 0 bridgehead atoms. The highest BCUT2D eigenvalue weighted by Crippen LogP contribution is 2.64. The maximum Gasteiger partial charge on any atom is 0.204 e. The molecule has 1 saturated heterocycles. The van der Waals surface area contributed by atoms with Gasteiger partial charge >= 0.3 is 0 Å². The molecule has 2 fully saturated rings. The van der Waals surface area contributed by atoms with Crippen molar-refractivity contribution in [2.24, 2.45) is 5.92 Å². The first kappa shape index (κ1) is 9.22. The first-order valence-corrected chi connectivity index (χ1v) is 5.87. The summed E-state index contributed by atoms with van der Waals surface area (Å²) in [5.41, 5.74) is 4.03. The normalized spacial score (nSPS) is 32.2. The van der Waals surface area contributed by atoms with Crippen LogP contribution in [0.3, 0.4) is 0 Å². The highest BCUT2D eigenvalue weighted by molar-refractivity contribution is 6.09. The summed E-state index contributed by atoms with van der Waals surface area (Å²) in [5, 5.41) is 3.29. The van der Waals surface area contributed by atoms with Gasteiger partial charge in [-0.15, -0.1) is 0 Å². The zero-order valence-electron chi connectivity index (χ0n) is 9.46. The fourth-order valence-electron chi connectivity index (χ4n) is 3.56. The van der Waals surface area contributed by atoms with Gasteiger partial charge < -0.3 is 10.3 Å². The number of carbonyl (C=O) groups is 2. The number of aldehydes is 1. The van der Waals surface area contributed by atoms with E-state index in [0.29, 0.717) is 17.2 Å². The molecule has 1 aromatic heterocycles. The predicted molar refractivity (Wildman–Crippen MR) is 61.1 cm³/mol. The van der Waals surface area contributed by atoms with Gasteiger partial charge in [0.2, 0.25) is 5.78 Å². The number of aromatic nitrogens is 1. The van der Waals surface area contributed by atoms with Crippen LogP contribution in [0.5, 0.6) is 0 Å². The summed E-state index contributed by atoms with van der Waals surface area (Å²) < 4.78 is 0. The molecule has 4 heteroatoms. The number of hydrogen-bond acceptors (Lipinski definition) is 3. The summed E-state index contributed by atoms with van der Waals surface area (Å²) in [6.07, 6.45) is 3.63. The van der Waals surface area contributed by atoms with E-state index in [0.717, 1.165) is 36.2 Å². The summed E-state index contributed by atoms with van der Waals surface area (Å²) in [4.78, 5) is 26.3. The maximum atomic E-state index is 12.0. The smallest absolute Gasteiger partial charge is 0.204 e. The van der Waals surface area contributed by atoms with Crippen LogP contribution in [-0.2, 0) is 5.41 Å². The molecule has 1 aliphatic heterocycles. The average molecular weight is 228 g/mol. The molecule has 4 rings (SSSR count). The van der Waals surface area contributed by atoms with Crippen LogP contribution in [0.25, 0.3) is 0 Å². The summed E-state index contributed by atoms with van der Waals surface area (Å²) in [6.45, 7) is 2.77. The Hall–Kier alpha value is -1.84. The number of hydrogen-bond donors (Lipinski definition) is 2. The monoisotopic (exact) mass is 228 g/mol. The number of fused-ring (bicyclic) bond motifs is 1. The number of allylic oxidation sites excluding steroid dienone is 2. The van der Waals surface area contributed by atoms with Crippen LogP contribution in [0.1, 0.15) is 38.5 Å². The van der Waals surface area contributed by atoms with E-state index in [-0.39, 0.29) is 11.2 Å². The van der Waals surface area contributed by atoms with E-state index >= 15 is 0 Å². The van der Waals surface area contributed by atoms with Crippen LogP contribution in [0.15, 0.2) is 11.8 Å². The summed E-state index contributed by atoms with van der Waals surface area (Å²) in [7, 11) is 0. The van der Waals surface area contributed by atoms with Gasteiger partial charge in [0.25, 0.3) is 0 Å². The molecule has 17 heavy (non-hydrogen) atoms.